The highest BCUT2D eigenvalue weighted by atomic mass is 16.5. The zero-order valence-corrected chi connectivity index (χ0v) is 19.5. The third-order valence-electron chi connectivity index (χ3n) is 6.82. The van der Waals surface area contributed by atoms with E-state index < -0.39 is 0 Å². The molecule has 0 amide bonds. The maximum Gasteiger partial charge on any atom is 0.320 e. The fourth-order valence-corrected chi connectivity index (χ4v) is 4.95. The second kappa shape index (κ2) is 9.24. The standard InChI is InChI=1S/C24H32N6O3/c1-15-8-18-11-26-30(21(18)9-20(15)17-4-6-25-7-5-17)23-10-22(27-24(28-23)32-3)29-12-19(13-31)33-14-16(29)2/h8-11,16-17,19,25,31H,4-7,12-14H2,1-3H3. The molecule has 0 bridgehead atoms. The zero-order chi connectivity index (χ0) is 22.9. The Bertz CT molecular complexity index is 1130. The van der Waals surface area contributed by atoms with Crippen molar-refractivity contribution in [1.29, 1.82) is 0 Å². The highest BCUT2D eigenvalue weighted by Gasteiger charge is 2.28. The Morgan fingerprint density at radius 2 is 1.97 bits per heavy atom. The highest BCUT2D eigenvalue weighted by Crippen LogP contribution is 2.32. The predicted molar refractivity (Wildman–Crippen MR) is 126 cm³/mol. The topological polar surface area (TPSA) is 97.6 Å². The maximum atomic E-state index is 9.59. The number of hydrogen-bond donors (Lipinski definition) is 2. The van der Waals surface area contributed by atoms with Crippen molar-refractivity contribution in [2.24, 2.45) is 0 Å². The van der Waals surface area contributed by atoms with Crippen molar-refractivity contribution in [2.45, 2.75) is 44.8 Å². The molecule has 176 valence electrons. The molecular weight excluding hydrogens is 420 g/mol. The number of hydrogen-bond acceptors (Lipinski definition) is 8. The van der Waals surface area contributed by atoms with E-state index in [1.807, 2.05) is 16.9 Å². The van der Waals surface area contributed by atoms with Crippen LogP contribution < -0.4 is 15.0 Å². The molecule has 9 heteroatoms. The third-order valence-corrected chi connectivity index (χ3v) is 6.82. The van der Waals surface area contributed by atoms with Crippen molar-refractivity contribution in [3.63, 3.8) is 0 Å². The number of nitrogens with zero attached hydrogens (tertiary/aromatic N) is 5. The van der Waals surface area contributed by atoms with Gasteiger partial charge in [-0.3, -0.25) is 0 Å². The molecule has 33 heavy (non-hydrogen) atoms. The van der Waals surface area contributed by atoms with Crippen LogP contribution in [0.5, 0.6) is 6.01 Å². The number of aliphatic hydroxyl groups is 1. The SMILES string of the molecule is COc1nc(N2CC(CO)OCC2C)cc(-n2ncc3cc(C)c(C4CCNCC4)cc32)n1. The van der Waals surface area contributed by atoms with E-state index in [1.165, 1.54) is 11.1 Å². The predicted octanol–water partition coefficient (Wildman–Crippen LogP) is 2.19. The summed E-state index contributed by atoms with van der Waals surface area (Å²) in [5.41, 5.74) is 3.73. The van der Waals surface area contributed by atoms with Crippen molar-refractivity contribution in [3.05, 3.63) is 35.5 Å². The summed E-state index contributed by atoms with van der Waals surface area (Å²) in [6, 6.07) is 6.85. The Balaban J connectivity index is 1.57. The maximum absolute atomic E-state index is 9.59. The number of piperidine rings is 1. The number of fused-ring (bicyclic) bond motifs is 1. The first kappa shape index (κ1) is 22.1. The molecule has 9 nitrogen and oxygen atoms in total. The molecule has 0 radical (unpaired) electrons. The number of benzene rings is 1. The molecule has 2 atom stereocenters. The van der Waals surface area contributed by atoms with E-state index in [-0.39, 0.29) is 24.8 Å². The second-order valence-electron chi connectivity index (χ2n) is 9.06. The van der Waals surface area contributed by atoms with Gasteiger partial charge in [-0.2, -0.15) is 15.1 Å². The van der Waals surface area contributed by atoms with Crippen LogP contribution in [0.4, 0.5) is 5.82 Å². The Hall–Kier alpha value is -2.75. The second-order valence-corrected chi connectivity index (χ2v) is 9.06. The van der Waals surface area contributed by atoms with E-state index in [4.69, 9.17) is 9.47 Å². The van der Waals surface area contributed by atoms with Gasteiger partial charge in [0.15, 0.2) is 5.82 Å². The van der Waals surface area contributed by atoms with Gasteiger partial charge in [0.05, 0.1) is 44.2 Å². The van der Waals surface area contributed by atoms with Crippen LogP contribution in [0.25, 0.3) is 16.7 Å². The Kier molecular flexibility index (Phi) is 6.18. The van der Waals surface area contributed by atoms with Gasteiger partial charge in [-0.15, -0.1) is 0 Å². The third kappa shape index (κ3) is 4.28. The van der Waals surface area contributed by atoms with E-state index in [1.54, 1.807) is 7.11 Å². The molecule has 2 aliphatic heterocycles. The lowest BCUT2D eigenvalue weighted by Gasteiger charge is -2.38. The van der Waals surface area contributed by atoms with Crippen LogP contribution in [0.15, 0.2) is 24.4 Å². The number of aromatic nitrogens is 4. The van der Waals surface area contributed by atoms with Crippen LogP contribution >= 0.6 is 0 Å². The minimum absolute atomic E-state index is 0.0269. The molecule has 2 fully saturated rings. The van der Waals surface area contributed by atoms with E-state index in [2.05, 4.69) is 51.3 Å². The van der Waals surface area contributed by atoms with E-state index in [0.717, 1.165) is 42.7 Å². The first-order valence-corrected chi connectivity index (χ1v) is 11.7. The fourth-order valence-electron chi connectivity index (χ4n) is 4.95. The summed E-state index contributed by atoms with van der Waals surface area (Å²) in [6.07, 6.45) is 3.94. The summed E-state index contributed by atoms with van der Waals surface area (Å²) in [7, 11) is 1.57. The van der Waals surface area contributed by atoms with Crippen LogP contribution in [-0.4, -0.2) is 77.0 Å². The number of morpholine rings is 1. The molecule has 3 aromatic rings. The van der Waals surface area contributed by atoms with Gasteiger partial charge in [-0.05, 0) is 69.0 Å². The van der Waals surface area contributed by atoms with Crippen LogP contribution in [0, 0.1) is 6.92 Å². The molecule has 5 rings (SSSR count). The molecule has 0 aliphatic carbocycles. The minimum Gasteiger partial charge on any atom is -0.467 e. The van der Waals surface area contributed by atoms with Crippen molar-refractivity contribution < 1.29 is 14.6 Å². The van der Waals surface area contributed by atoms with E-state index >= 15 is 0 Å². The summed E-state index contributed by atoms with van der Waals surface area (Å²) in [5, 5.41) is 18.8. The molecule has 2 saturated heterocycles. The van der Waals surface area contributed by atoms with Gasteiger partial charge in [0.2, 0.25) is 0 Å². The van der Waals surface area contributed by atoms with Gasteiger partial charge in [0.1, 0.15) is 5.82 Å². The van der Waals surface area contributed by atoms with Crippen molar-refractivity contribution in [3.8, 4) is 11.8 Å². The molecule has 2 unspecified atom stereocenters. The Labute approximate surface area is 193 Å². The monoisotopic (exact) mass is 452 g/mol. The number of methoxy groups -OCH3 is 1. The minimum atomic E-state index is -0.244. The van der Waals surface area contributed by atoms with Crippen molar-refractivity contribution in [2.75, 3.05) is 44.9 Å². The molecular formula is C24H32N6O3. The van der Waals surface area contributed by atoms with Gasteiger partial charge in [-0.25, -0.2) is 4.68 Å². The zero-order valence-electron chi connectivity index (χ0n) is 19.5. The largest absolute Gasteiger partial charge is 0.467 e. The number of rotatable bonds is 5. The van der Waals surface area contributed by atoms with Crippen LogP contribution in [0.1, 0.15) is 36.8 Å². The molecule has 4 heterocycles. The van der Waals surface area contributed by atoms with Gasteiger partial charge in [0, 0.05) is 18.0 Å². The average molecular weight is 453 g/mol. The Morgan fingerprint density at radius 1 is 1.18 bits per heavy atom. The molecule has 0 saturated carbocycles. The van der Waals surface area contributed by atoms with Crippen LogP contribution in [0.2, 0.25) is 0 Å². The number of nitrogens with one attached hydrogen (secondary N) is 1. The average Bonchev–Trinajstić information content (AvgIpc) is 3.26. The van der Waals surface area contributed by atoms with Crippen LogP contribution in [-0.2, 0) is 4.74 Å². The van der Waals surface area contributed by atoms with E-state index in [0.29, 0.717) is 24.9 Å². The highest BCUT2D eigenvalue weighted by molar-refractivity contribution is 5.82. The lowest BCUT2D eigenvalue weighted by Crippen LogP contribution is -2.50. The smallest absolute Gasteiger partial charge is 0.320 e. The lowest BCUT2D eigenvalue weighted by atomic mass is 9.87. The number of anilines is 1. The van der Waals surface area contributed by atoms with Gasteiger partial charge in [-0.1, -0.05) is 0 Å². The normalized spacial score (nSPS) is 22.1. The molecule has 1 aromatic carbocycles. The van der Waals surface area contributed by atoms with Crippen LogP contribution in [0.3, 0.4) is 0 Å². The number of ether oxygens (including phenoxy) is 2. The fraction of sp³-hybridized carbons (Fsp3) is 0.542. The van der Waals surface area contributed by atoms with Crippen molar-refractivity contribution >= 4 is 16.7 Å². The first-order valence-electron chi connectivity index (χ1n) is 11.7. The molecule has 0 spiro atoms. The van der Waals surface area contributed by atoms with E-state index in [9.17, 15) is 5.11 Å². The molecule has 2 aromatic heterocycles. The Morgan fingerprint density at radius 3 is 2.73 bits per heavy atom. The van der Waals surface area contributed by atoms with Gasteiger partial charge in [0.25, 0.3) is 0 Å². The summed E-state index contributed by atoms with van der Waals surface area (Å²) < 4.78 is 13.0. The molecule has 2 aliphatic rings. The molecule has 2 N–H and O–H groups in total. The number of aryl methyl sites for hydroxylation is 1. The first-order chi connectivity index (χ1) is 16.1. The summed E-state index contributed by atoms with van der Waals surface area (Å²) >= 11 is 0. The quantitative estimate of drug-likeness (QED) is 0.608. The summed E-state index contributed by atoms with van der Waals surface area (Å²) in [5.74, 6) is 1.95. The number of aliphatic hydroxyl groups excluding tert-OH is 1. The summed E-state index contributed by atoms with van der Waals surface area (Å²) in [6.45, 7) is 7.44. The summed E-state index contributed by atoms with van der Waals surface area (Å²) in [4.78, 5) is 11.3. The van der Waals surface area contributed by atoms with Crippen molar-refractivity contribution in [1.82, 2.24) is 25.1 Å². The van der Waals surface area contributed by atoms with Gasteiger partial charge < -0.3 is 24.8 Å². The van der Waals surface area contributed by atoms with Gasteiger partial charge >= 0.3 is 6.01 Å². The lowest BCUT2D eigenvalue weighted by molar-refractivity contribution is -0.0106.